The van der Waals surface area contributed by atoms with E-state index in [1.54, 1.807) is 11.3 Å². The largest absolute Gasteiger partial charge is 0.310 e. The minimum Gasteiger partial charge on any atom is -0.310 e. The molecule has 0 aromatic carbocycles. The third-order valence-corrected chi connectivity index (χ3v) is 5.31. The van der Waals surface area contributed by atoms with Gasteiger partial charge in [0.1, 0.15) is 0 Å². The predicted molar refractivity (Wildman–Crippen MR) is 84.8 cm³/mol. The number of thiophene rings is 1. The van der Waals surface area contributed by atoms with Crippen LogP contribution in [-0.4, -0.2) is 16.2 Å². The third-order valence-electron chi connectivity index (χ3n) is 4.43. The zero-order valence-corrected chi connectivity index (χ0v) is 12.9. The molecule has 2 aromatic heterocycles. The Morgan fingerprint density at radius 3 is 3.20 bits per heavy atom. The lowest BCUT2D eigenvalue weighted by atomic mass is 9.84. The van der Waals surface area contributed by atoms with Gasteiger partial charge in [0.15, 0.2) is 0 Å². The summed E-state index contributed by atoms with van der Waals surface area (Å²) in [7, 11) is 0. The van der Waals surface area contributed by atoms with Gasteiger partial charge in [-0.25, -0.2) is 0 Å². The Bertz CT molecular complexity index is 518. The van der Waals surface area contributed by atoms with E-state index in [1.165, 1.54) is 48.2 Å². The maximum absolute atomic E-state index is 4.21. The molecule has 0 bridgehead atoms. The summed E-state index contributed by atoms with van der Waals surface area (Å²) in [5.41, 5.74) is 2.46. The summed E-state index contributed by atoms with van der Waals surface area (Å²) in [6, 6.07) is 4.92. The second-order valence-electron chi connectivity index (χ2n) is 5.77. The fourth-order valence-corrected chi connectivity index (χ4v) is 3.94. The van der Waals surface area contributed by atoms with Gasteiger partial charge in [-0.2, -0.15) is 5.10 Å². The van der Waals surface area contributed by atoms with Crippen LogP contribution in [0.3, 0.4) is 0 Å². The summed E-state index contributed by atoms with van der Waals surface area (Å²) in [4.78, 5) is 1.27. The monoisotopic (exact) mass is 289 g/mol. The minimum atomic E-state index is 0.680. The van der Waals surface area contributed by atoms with Crippen molar-refractivity contribution in [2.45, 2.75) is 51.6 Å². The highest BCUT2D eigenvalue weighted by Gasteiger charge is 2.20. The zero-order valence-electron chi connectivity index (χ0n) is 12.1. The molecule has 2 aromatic rings. The average molecular weight is 289 g/mol. The summed E-state index contributed by atoms with van der Waals surface area (Å²) >= 11 is 1.76. The first-order valence-electron chi connectivity index (χ1n) is 7.66. The summed E-state index contributed by atoms with van der Waals surface area (Å²) in [5, 5.41) is 13.2. The van der Waals surface area contributed by atoms with Crippen molar-refractivity contribution in [1.82, 2.24) is 15.5 Å². The van der Waals surface area contributed by atoms with Crippen molar-refractivity contribution in [3.63, 3.8) is 0 Å². The minimum absolute atomic E-state index is 0.680. The molecule has 4 heteroatoms. The van der Waals surface area contributed by atoms with Gasteiger partial charge in [-0.05, 0) is 30.2 Å². The molecule has 1 aliphatic carbocycles. The molecule has 1 saturated carbocycles. The van der Waals surface area contributed by atoms with Crippen LogP contribution in [0.25, 0.3) is 10.6 Å². The molecule has 3 rings (SSSR count). The van der Waals surface area contributed by atoms with Gasteiger partial charge in [0, 0.05) is 18.2 Å². The molecule has 0 aliphatic heterocycles. The zero-order chi connectivity index (χ0) is 13.8. The van der Waals surface area contributed by atoms with Crippen LogP contribution in [-0.2, 0) is 6.54 Å². The van der Waals surface area contributed by atoms with Crippen LogP contribution in [0, 0.1) is 5.92 Å². The van der Waals surface area contributed by atoms with E-state index in [-0.39, 0.29) is 0 Å². The molecular formula is C16H23N3S. The molecule has 2 heterocycles. The lowest BCUT2D eigenvalue weighted by molar-refractivity contribution is 0.278. The van der Waals surface area contributed by atoms with Crippen molar-refractivity contribution >= 4 is 11.3 Å². The van der Waals surface area contributed by atoms with Crippen molar-refractivity contribution in [2.24, 2.45) is 5.92 Å². The van der Waals surface area contributed by atoms with E-state index in [0.717, 1.165) is 12.5 Å². The van der Waals surface area contributed by atoms with Crippen LogP contribution in [0.1, 0.15) is 44.6 Å². The number of nitrogens with zero attached hydrogens (tertiary/aromatic N) is 1. The van der Waals surface area contributed by atoms with Gasteiger partial charge in [-0.15, -0.1) is 11.3 Å². The Hall–Kier alpha value is -1.13. The quantitative estimate of drug-likeness (QED) is 0.866. The summed E-state index contributed by atoms with van der Waals surface area (Å²) < 4.78 is 0. The highest BCUT2D eigenvalue weighted by molar-refractivity contribution is 7.13. The Labute approximate surface area is 124 Å². The molecule has 108 valence electrons. The second-order valence-corrected chi connectivity index (χ2v) is 6.71. The fourth-order valence-electron chi connectivity index (χ4n) is 3.18. The van der Waals surface area contributed by atoms with Gasteiger partial charge in [0.2, 0.25) is 0 Å². The Morgan fingerprint density at radius 2 is 2.40 bits per heavy atom. The third kappa shape index (κ3) is 3.13. The van der Waals surface area contributed by atoms with Crippen LogP contribution in [0.5, 0.6) is 0 Å². The maximum Gasteiger partial charge on any atom is 0.0794 e. The molecule has 20 heavy (non-hydrogen) atoms. The number of nitrogens with one attached hydrogen (secondary N) is 2. The number of aromatic amines is 1. The second kappa shape index (κ2) is 6.55. The van der Waals surface area contributed by atoms with E-state index >= 15 is 0 Å². The van der Waals surface area contributed by atoms with Gasteiger partial charge >= 0.3 is 0 Å². The molecule has 0 saturated heterocycles. The highest BCUT2D eigenvalue weighted by atomic mass is 32.1. The smallest absolute Gasteiger partial charge is 0.0794 e. The summed E-state index contributed by atoms with van der Waals surface area (Å²) in [6.45, 7) is 3.24. The number of H-pyrrole nitrogens is 1. The van der Waals surface area contributed by atoms with Gasteiger partial charge in [-0.3, -0.25) is 5.10 Å². The number of aromatic nitrogens is 2. The summed E-state index contributed by atoms with van der Waals surface area (Å²) in [6.07, 6.45) is 8.73. The average Bonchev–Trinajstić information content (AvgIpc) is 3.16. The van der Waals surface area contributed by atoms with Crippen molar-refractivity contribution in [2.75, 3.05) is 0 Å². The van der Waals surface area contributed by atoms with Crippen molar-refractivity contribution in [1.29, 1.82) is 0 Å². The first kappa shape index (κ1) is 13.8. The molecular weight excluding hydrogens is 266 g/mol. The van der Waals surface area contributed by atoms with Gasteiger partial charge in [0.05, 0.1) is 16.8 Å². The van der Waals surface area contributed by atoms with Crippen LogP contribution in [0.2, 0.25) is 0 Å². The number of hydrogen-bond acceptors (Lipinski definition) is 3. The number of rotatable bonds is 5. The molecule has 1 fully saturated rings. The first-order valence-corrected chi connectivity index (χ1v) is 8.54. The molecule has 3 nitrogen and oxygen atoms in total. The van der Waals surface area contributed by atoms with E-state index in [9.17, 15) is 0 Å². The standard InChI is InChI=1S/C16H23N3S/c1-2-12-5-3-6-14(9-12)17-10-13-11-18-19-16(13)15-7-4-8-20-15/h4,7-8,11-12,14,17H,2-3,5-6,9-10H2,1H3,(H,18,19). The lowest BCUT2D eigenvalue weighted by Gasteiger charge is -2.29. The van der Waals surface area contributed by atoms with Gasteiger partial charge < -0.3 is 5.32 Å². The SMILES string of the molecule is CCC1CCCC(NCc2cn[nH]c2-c2cccs2)C1. The van der Waals surface area contributed by atoms with E-state index in [1.807, 2.05) is 6.20 Å². The Balaban J connectivity index is 1.60. The van der Waals surface area contributed by atoms with Crippen molar-refractivity contribution < 1.29 is 0 Å². The maximum atomic E-state index is 4.21. The molecule has 0 spiro atoms. The van der Waals surface area contributed by atoms with Crippen LogP contribution >= 0.6 is 11.3 Å². The van der Waals surface area contributed by atoms with E-state index in [4.69, 9.17) is 0 Å². The van der Waals surface area contributed by atoms with Gasteiger partial charge in [0.25, 0.3) is 0 Å². The van der Waals surface area contributed by atoms with Crippen LogP contribution in [0.15, 0.2) is 23.7 Å². The molecule has 1 aliphatic rings. The normalized spacial score (nSPS) is 23.1. The molecule has 2 unspecified atom stereocenters. The summed E-state index contributed by atoms with van der Waals surface area (Å²) in [5.74, 6) is 0.919. The van der Waals surface area contributed by atoms with Crippen LogP contribution in [0.4, 0.5) is 0 Å². The Morgan fingerprint density at radius 1 is 1.45 bits per heavy atom. The van der Waals surface area contributed by atoms with Gasteiger partial charge in [-0.1, -0.05) is 32.3 Å². The topological polar surface area (TPSA) is 40.7 Å². The van der Waals surface area contributed by atoms with E-state index < -0.39 is 0 Å². The van der Waals surface area contributed by atoms with Crippen molar-refractivity contribution in [3.8, 4) is 10.6 Å². The van der Waals surface area contributed by atoms with Crippen LogP contribution < -0.4 is 5.32 Å². The molecule has 0 radical (unpaired) electrons. The van der Waals surface area contributed by atoms with E-state index in [0.29, 0.717) is 6.04 Å². The van der Waals surface area contributed by atoms with Crippen molar-refractivity contribution in [3.05, 3.63) is 29.3 Å². The highest BCUT2D eigenvalue weighted by Crippen LogP contribution is 2.28. The molecule has 0 amide bonds. The number of hydrogen-bond donors (Lipinski definition) is 2. The fraction of sp³-hybridized carbons (Fsp3) is 0.562. The molecule has 2 atom stereocenters. The Kier molecular flexibility index (Phi) is 4.53. The predicted octanol–water partition coefficient (Wildman–Crippen LogP) is 4.20. The first-order chi connectivity index (χ1) is 9.86. The molecule has 2 N–H and O–H groups in total. The van der Waals surface area contributed by atoms with E-state index in [2.05, 4.69) is 40.0 Å². The lowest BCUT2D eigenvalue weighted by Crippen LogP contribution is -2.33.